The van der Waals surface area contributed by atoms with E-state index < -0.39 is 23.5 Å². The fraction of sp³-hybridized carbons (Fsp3) is 0.333. The van der Waals surface area contributed by atoms with Gasteiger partial charge in [-0.3, -0.25) is 9.59 Å². The Bertz CT molecular complexity index is 752. The van der Waals surface area contributed by atoms with Gasteiger partial charge in [-0.05, 0) is 23.4 Å². The molecule has 1 atom stereocenters. The number of aliphatic carboxylic acids is 1. The van der Waals surface area contributed by atoms with Gasteiger partial charge >= 0.3 is 5.97 Å². The van der Waals surface area contributed by atoms with Crippen LogP contribution in [0.1, 0.15) is 13.8 Å². The number of thiophene rings is 1. The summed E-state index contributed by atoms with van der Waals surface area (Å²) in [5, 5.41) is 17.5. The smallest absolute Gasteiger partial charge is 0.326 e. The average molecular weight is 335 g/mol. The minimum Gasteiger partial charge on any atom is -0.480 e. The Hall–Kier alpha value is -2.48. The lowest BCUT2D eigenvalue weighted by atomic mass is 10.1. The number of carbonyl (C=O) groups is 2. The number of carboxylic acid groups (broad SMARTS) is 1. The highest BCUT2D eigenvalue weighted by atomic mass is 32.1. The van der Waals surface area contributed by atoms with Gasteiger partial charge in [-0.25, -0.2) is 9.48 Å². The second-order valence-electron chi connectivity index (χ2n) is 5.32. The molecule has 8 heteroatoms. The number of carboxylic acids is 1. The van der Waals surface area contributed by atoms with Gasteiger partial charge in [-0.1, -0.05) is 19.9 Å². The Morgan fingerprint density at radius 1 is 1.35 bits per heavy atom. The maximum absolute atomic E-state index is 12.0. The van der Waals surface area contributed by atoms with E-state index in [4.69, 9.17) is 5.11 Å². The van der Waals surface area contributed by atoms with Gasteiger partial charge in [0.05, 0.1) is 4.88 Å². The van der Waals surface area contributed by atoms with Crippen molar-refractivity contribution in [3.05, 3.63) is 40.0 Å². The Morgan fingerprint density at radius 3 is 2.65 bits per heavy atom. The Balaban J connectivity index is 2.16. The first kappa shape index (κ1) is 16.9. The lowest BCUT2D eigenvalue weighted by Crippen LogP contribution is -2.46. The van der Waals surface area contributed by atoms with Crippen molar-refractivity contribution in [3.63, 3.8) is 0 Å². The van der Waals surface area contributed by atoms with Crippen LogP contribution in [0.3, 0.4) is 0 Å². The Labute approximate surface area is 136 Å². The van der Waals surface area contributed by atoms with E-state index in [9.17, 15) is 14.4 Å². The first-order valence-corrected chi connectivity index (χ1v) is 7.90. The highest BCUT2D eigenvalue weighted by Crippen LogP contribution is 2.20. The van der Waals surface area contributed by atoms with E-state index in [1.807, 2.05) is 17.5 Å². The van der Waals surface area contributed by atoms with Gasteiger partial charge in [-0.15, -0.1) is 11.3 Å². The van der Waals surface area contributed by atoms with Crippen molar-refractivity contribution in [2.45, 2.75) is 26.4 Å². The predicted molar refractivity (Wildman–Crippen MR) is 86.2 cm³/mol. The lowest BCUT2D eigenvalue weighted by molar-refractivity contribution is -0.143. The molecule has 0 saturated carbocycles. The molecule has 0 spiro atoms. The van der Waals surface area contributed by atoms with Crippen LogP contribution in [0.25, 0.3) is 10.6 Å². The molecule has 1 amide bonds. The van der Waals surface area contributed by atoms with Gasteiger partial charge in [0.15, 0.2) is 0 Å². The van der Waals surface area contributed by atoms with Crippen LogP contribution in [0, 0.1) is 5.92 Å². The number of rotatable bonds is 6. The Morgan fingerprint density at radius 2 is 2.09 bits per heavy atom. The zero-order valence-corrected chi connectivity index (χ0v) is 13.5. The fourth-order valence-electron chi connectivity index (χ4n) is 1.99. The zero-order chi connectivity index (χ0) is 17.0. The highest BCUT2D eigenvalue weighted by Gasteiger charge is 2.23. The van der Waals surface area contributed by atoms with Crippen molar-refractivity contribution >= 4 is 23.2 Å². The predicted octanol–water partition coefficient (Wildman–Crippen LogP) is 1.20. The van der Waals surface area contributed by atoms with Gasteiger partial charge < -0.3 is 10.4 Å². The third kappa shape index (κ3) is 4.26. The number of nitrogens with one attached hydrogen (secondary N) is 1. The molecule has 2 heterocycles. The topological polar surface area (TPSA) is 101 Å². The summed E-state index contributed by atoms with van der Waals surface area (Å²) in [5.74, 6) is -1.94. The van der Waals surface area contributed by atoms with Crippen LogP contribution in [0.5, 0.6) is 0 Å². The second kappa shape index (κ2) is 7.19. The van der Waals surface area contributed by atoms with Crippen LogP contribution < -0.4 is 10.9 Å². The minimum atomic E-state index is -1.11. The van der Waals surface area contributed by atoms with Crippen LogP contribution in [0.4, 0.5) is 0 Å². The van der Waals surface area contributed by atoms with E-state index in [-0.39, 0.29) is 12.5 Å². The molecule has 2 rings (SSSR count). The number of hydrogen-bond donors (Lipinski definition) is 2. The normalized spacial score (nSPS) is 12.1. The minimum absolute atomic E-state index is 0.265. The van der Waals surface area contributed by atoms with E-state index in [0.29, 0.717) is 5.69 Å². The Kier molecular flexibility index (Phi) is 5.28. The van der Waals surface area contributed by atoms with E-state index >= 15 is 0 Å². The molecular formula is C15H17N3O4S. The molecule has 7 nitrogen and oxygen atoms in total. The molecule has 2 aromatic heterocycles. The number of nitrogens with zero attached hydrogens (tertiary/aromatic N) is 2. The van der Waals surface area contributed by atoms with E-state index in [1.165, 1.54) is 17.4 Å². The maximum Gasteiger partial charge on any atom is 0.326 e. The van der Waals surface area contributed by atoms with Crippen LogP contribution in [-0.2, 0) is 16.1 Å². The summed E-state index contributed by atoms with van der Waals surface area (Å²) < 4.78 is 1.03. The molecule has 2 aromatic rings. The van der Waals surface area contributed by atoms with Crippen LogP contribution in [0.2, 0.25) is 0 Å². The van der Waals surface area contributed by atoms with Crippen LogP contribution >= 0.6 is 11.3 Å². The number of carbonyl (C=O) groups excluding carboxylic acids is 1. The SMILES string of the molecule is CC(C)C(NC(=O)Cn1nc(-c2cccs2)ccc1=O)C(=O)O. The van der Waals surface area contributed by atoms with Gasteiger partial charge in [0.2, 0.25) is 5.91 Å². The summed E-state index contributed by atoms with van der Waals surface area (Å²) in [7, 11) is 0. The van der Waals surface area contributed by atoms with E-state index in [2.05, 4.69) is 10.4 Å². The summed E-state index contributed by atoms with van der Waals surface area (Å²) in [6, 6.07) is 5.66. The third-order valence-electron chi connectivity index (χ3n) is 3.18. The van der Waals surface area contributed by atoms with Gasteiger partial charge in [-0.2, -0.15) is 5.10 Å². The first-order chi connectivity index (χ1) is 10.9. The third-order valence-corrected chi connectivity index (χ3v) is 4.08. The monoisotopic (exact) mass is 335 g/mol. The molecular weight excluding hydrogens is 318 g/mol. The first-order valence-electron chi connectivity index (χ1n) is 7.02. The molecule has 0 aliphatic carbocycles. The van der Waals surface area contributed by atoms with Crippen LogP contribution in [-0.4, -0.2) is 32.8 Å². The number of hydrogen-bond acceptors (Lipinski definition) is 5. The summed E-state index contributed by atoms with van der Waals surface area (Å²) in [5.41, 5.74) is 0.169. The molecule has 0 saturated heterocycles. The summed E-state index contributed by atoms with van der Waals surface area (Å²) >= 11 is 1.47. The molecule has 122 valence electrons. The summed E-state index contributed by atoms with van der Waals surface area (Å²) in [6.07, 6.45) is 0. The number of amides is 1. The second-order valence-corrected chi connectivity index (χ2v) is 6.27. The van der Waals surface area contributed by atoms with Crippen molar-refractivity contribution in [1.82, 2.24) is 15.1 Å². The maximum atomic E-state index is 12.0. The molecule has 0 aliphatic rings. The zero-order valence-electron chi connectivity index (χ0n) is 12.7. The van der Waals surface area contributed by atoms with Gasteiger partial charge in [0, 0.05) is 6.07 Å². The molecule has 0 bridgehead atoms. The van der Waals surface area contributed by atoms with Crippen molar-refractivity contribution in [3.8, 4) is 10.6 Å². The fourth-order valence-corrected chi connectivity index (χ4v) is 2.68. The quantitative estimate of drug-likeness (QED) is 0.826. The average Bonchev–Trinajstić information content (AvgIpc) is 3.00. The van der Waals surface area contributed by atoms with E-state index in [1.54, 1.807) is 19.9 Å². The largest absolute Gasteiger partial charge is 0.480 e. The van der Waals surface area contributed by atoms with E-state index in [0.717, 1.165) is 9.56 Å². The highest BCUT2D eigenvalue weighted by molar-refractivity contribution is 7.13. The summed E-state index contributed by atoms with van der Waals surface area (Å²) in [6.45, 7) is 3.07. The standard InChI is InChI=1S/C15H17N3O4S/c1-9(2)14(15(21)22)16-12(19)8-18-13(20)6-5-10(17-18)11-4-3-7-23-11/h3-7,9,14H,8H2,1-2H3,(H,16,19)(H,21,22). The summed E-state index contributed by atoms with van der Waals surface area (Å²) in [4.78, 5) is 35.8. The molecule has 23 heavy (non-hydrogen) atoms. The lowest BCUT2D eigenvalue weighted by Gasteiger charge is -2.18. The van der Waals surface area contributed by atoms with Crippen LogP contribution in [0.15, 0.2) is 34.4 Å². The molecule has 0 radical (unpaired) electrons. The molecule has 1 unspecified atom stereocenters. The van der Waals surface area contributed by atoms with Crippen molar-refractivity contribution in [2.24, 2.45) is 5.92 Å². The molecule has 0 aromatic carbocycles. The van der Waals surface area contributed by atoms with Gasteiger partial charge in [0.25, 0.3) is 5.56 Å². The number of aromatic nitrogens is 2. The molecule has 2 N–H and O–H groups in total. The molecule has 0 fully saturated rings. The van der Waals surface area contributed by atoms with Crippen molar-refractivity contribution < 1.29 is 14.7 Å². The van der Waals surface area contributed by atoms with Crippen molar-refractivity contribution in [1.29, 1.82) is 0 Å². The van der Waals surface area contributed by atoms with Crippen molar-refractivity contribution in [2.75, 3.05) is 0 Å². The van der Waals surface area contributed by atoms with Gasteiger partial charge in [0.1, 0.15) is 18.3 Å². The molecule has 0 aliphatic heterocycles.